The number of carboxylic acids is 1. The third kappa shape index (κ3) is 5.35. The molecule has 0 aromatic carbocycles. The van der Waals surface area contributed by atoms with Crippen LogP contribution in [-0.4, -0.2) is 54.4 Å². The second-order valence-electron chi connectivity index (χ2n) is 4.09. The minimum absolute atomic E-state index is 0.338. The van der Waals surface area contributed by atoms with Crippen molar-refractivity contribution in [2.45, 2.75) is 19.4 Å². The number of ether oxygens (including phenoxy) is 1. The van der Waals surface area contributed by atoms with Gasteiger partial charge in [0.2, 0.25) is 0 Å². The Bertz CT molecular complexity index is 289. The second kappa shape index (κ2) is 6.90. The average Bonchev–Trinajstić information content (AvgIpc) is 2.23. The number of hydrogen-bond acceptors (Lipinski definition) is 3. The fraction of sp³-hybridized carbons (Fsp3) is 0.636. The summed E-state index contributed by atoms with van der Waals surface area (Å²) in [6, 6.07) is -0.450. The summed E-state index contributed by atoms with van der Waals surface area (Å²) in [6.07, 6.45) is 1.57. The molecule has 0 aliphatic carbocycles. The van der Waals surface area contributed by atoms with E-state index in [2.05, 4.69) is 11.9 Å². The zero-order chi connectivity index (χ0) is 13.5. The Balaban J connectivity index is 4.51. The Morgan fingerprint density at radius 1 is 1.53 bits per heavy atom. The second-order valence-corrected chi connectivity index (χ2v) is 4.09. The van der Waals surface area contributed by atoms with Crippen molar-refractivity contribution in [2.24, 2.45) is 0 Å². The maximum atomic E-state index is 11.8. The van der Waals surface area contributed by atoms with E-state index in [0.29, 0.717) is 19.7 Å². The molecule has 6 heteroatoms. The molecule has 0 unspecified atom stereocenters. The van der Waals surface area contributed by atoms with Crippen LogP contribution in [0.3, 0.4) is 0 Å². The fourth-order valence-electron chi connectivity index (χ4n) is 1.03. The number of nitrogens with one attached hydrogen (secondary N) is 1. The van der Waals surface area contributed by atoms with Gasteiger partial charge in [-0.05, 0) is 13.8 Å². The van der Waals surface area contributed by atoms with Crippen molar-refractivity contribution in [1.82, 2.24) is 10.2 Å². The molecular weight excluding hydrogens is 224 g/mol. The van der Waals surface area contributed by atoms with Gasteiger partial charge in [-0.2, -0.15) is 0 Å². The van der Waals surface area contributed by atoms with Gasteiger partial charge in [0.15, 0.2) is 0 Å². The van der Waals surface area contributed by atoms with Crippen molar-refractivity contribution < 1.29 is 19.4 Å². The maximum absolute atomic E-state index is 11.8. The largest absolute Gasteiger partial charge is 0.480 e. The summed E-state index contributed by atoms with van der Waals surface area (Å²) in [5, 5.41) is 11.3. The van der Waals surface area contributed by atoms with E-state index in [1.54, 1.807) is 6.08 Å². The fourth-order valence-corrected chi connectivity index (χ4v) is 1.03. The molecule has 0 saturated carbocycles. The van der Waals surface area contributed by atoms with Gasteiger partial charge < -0.3 is 20.1 Å². The highest BCUT2D eigenvalue weighted by Crippen LogP contribution is 2.03. The average molecular weight is 244 g/mol. The molecule has 0 aromatic heterocycles. The zero-order valence-electron chi connectivity index (χ0n) is 10.5. The molecule has 2 N–H and O–H groups in total. The first kappa shape index (κ1) is 15.4. The van der Waals surface area contributed by atoms with Crippen LogP contribution in [-0.2, 0) is 9.53 Å². The number of nitrogens with zero attached hydrogens (tertiary/aromatic N) is 1. The maximum Gasteiger partial charge on any atom is 0.328 e. The van der Waals surface area contributed by atoms with Crippen LogP contribution in [0.4, 0.5) is 4.79 Å². The van der Waals surface area contributed by atoms with Gasteiger partial charge in [0.1, 0.15) is 5.54 Å². The molecule has 0 radical (unpaired) electrons. The van der Waals surface area contributed by atoms with Gasteiger partial charge in [-0.3, -0.25) is 0 Å². The highest BCUT2D eigenvalue weighted by Gasteiger charge is 2.30. The summed E-state index contributed by atoms with van der Waals surface area (Å²) < 4.78 is 4.87. The van der Waals surface area contributed by atoms with Gasteiger partial charge in [-0.25, -0.2) is 9.59 Å². The molecule has 0 spiro atoms. The van der Waals surface area contributed by atoms with E-state index in [1.165, 1.54) is 25.9 Å². The summed E-state index contributed by atoms with van der Waals surface area (Å²) in [6.45, 7) is 7.50. The van der Waals surface area contributed by atoms with Crippen LogP contribution in [0.5, 0.6) is 0 Å². The number of methoxy groups -OCH3 is 1. The molecule has 0 bridgehead atoms. The minimum atomic E-state index is -1.30. The van der Waals surface area contributed by atoms with Crippen LogP contribution < -0.4 is 5.32 Å². The third-order valence-corrected chi connectivity index (χ3v) is 2.16. The standard InChI is InChI=1S/C11H20N2O4/c1-5-6-13(7-8-17-4)10(16)12-11(2,3)9(14)15/h5H,1,6-8H2,2-4H3,(H,12,16)(H,14,15). The number of rotatable bonds is 7. The highest BCUT2D eigenvalue weighted by atomic mass is 16.5. The predicted molar refractivity (Wildman–Crippen MR) is 63.9 cm³/mol. The van der Waals surface area contributed by atoms with E-state index in [-0.39, 0.29) is 0 Å². The molecule has 2 amide bonds. The SMILES string of the molecule is C=CCN(CCOC)C(=O)NC(C)(C)C(=O)O. The smallest absolute Gasteiger partial charge is 0.328 e. The van der Waals surface area contributed by atoms with Gasteiger partial charge in [0.05, 0.1) is 6.61 Å². The Labute approximate surface area is 101 Å². The molecule has 0 aliphatic rings. The number of carbonyl (C=O) groups is 2. The van der Waals surface area contributed by atoms with Gasteiger partial charge >= 0.3 is 12.0 Å². The van der Waals surface area contributed by atoms with Gasteiger partial charge in [-0.15, -0.1) is 6.58 Å². The van der Waals surface area contributed by atoms with Crippen molar-refractivity contribution in [3.8, 4) is 0 Å². The lowest BCUT2D eigenvalue weighted by Gasteiger charge is -2.27. The summed E-state index contributed by atoms with van der Waals surface area (Å²) in [5.74, 6) is -1.09. The molecule has 0 atom stereocenters. The Kier molecular flexibility index (Phi) is 6.27. The number of urea groups is 1. The number of hydrogen-bond donors (Lipinski definition) is 2. The minimum Gasteiger partial charge on any atom is -0.480 e. The quantitative estimate of drug-likeness (QED) is 0.646. The van der Waals surface area contributed by atoms with Crippen LogP contribution in [0.1, 0.15) is 13.8 Å². The van der Waals surface area contributed by atoms with E-state index >= 15 is 0 Å². The lowest BCUT2D eigenvalue weighted by Crippen LogP contribution is -2.54. The lowest BCUT2D eigenvalue weighted by molar-refractivity contribution is -0.143. The number of carboxylic acid groups (broad SMARTS) is 1. The molecule has 0 fully saturated rings. The van der Waals surface area contributed by atoms with Crippen molar-refractivity contribution >= 4 is 12.0 Å². The molecule has 6 nitrogen and oxygen atoms in total. The van der Waals surface area contributed by atoms with E-state index < -0.39 is 17.5 Å². The van der Waals surface area contributed by atoms with Crippen LogP contribution in [0.15, 0.2) is 12.7 Å². The van der Waals surface area contributed by atoms with E-state index in [1.807, 2.05) is 0 Å². The topological polar surface area (TPSA) is 78.9 Å². The zero-order valence-corrected chi connectivity index (χ0v) is 10.5. The summed E-state index contributed by atoms with van der Waals surface area (Å²) in [4.78, 5) is 24.1. The first-order valence-electron chi connectivity index (χ1n) is 5.25. The Morgan fingerprint density at radius 3 is 2.53 bits per heavy atom. The number of carbonyl (C=O) groups excluding carboxylic acids is 1. The molecule has 0 heterocycles. The van der Waals surface area contributed by atoms with Crippen molar-refractivity contribution in [3.05, 3.63) is 12.7 Å². The van der Waals surface area contributed by atoms with Crippen LogP contribution >= 0.6 is 0 Å². The number of amides is 2. The lowest BCUT2D eigenvalue weighted by atomic mass is 10.1. The van der Waals surface area contributed by atoms with Crippen LogP contribution in [0.2, 0.25) is 0 Å². The van der Waals surface area contributed by atoms with Gasteiger partial charge in [0.25, 0.3) is 0 Å². The first-order valence-corrected chi connectivity index (χ1v) is 5.25. The molecule has 0 saturated heterocycles. The summed E-state index contributed by atoms with van der Waals surface area (Å²) in [5.41, 5.74) is -1.30. The molecule has 0 aromatic rings. The van der Waals surface area contributed by atoms with E-state index in [0.717, 1.165) is 0 Å². The van der Waals surface area contributed by atoms with Crippen LogP contribution in [0, 0.1) is 0 Å². The summed E-state index contributed by atoms with van der Waals surface area (Å²) >= 11 is 0. The monoisotopic (exact) mass is 244 g/mol. The van der Waals surface area contributed by atoms with E-state index in [9.17, 15) is 9.59 Å². The first-order chi connectivity index (χ1) is 7.85. The highest BCUT2D eigenvalue weighted by molar-refractivity contribution is 5.85. The molecule has 0 aliphatic heterocycles. The Hall–Kier alpha value is -1.56. The van der Waals surface area contributed by atoms with Crippen molar-refractivity contribution in [3.63, 3.8) is 0 Å². The summed E-state index contributed by atoms with van der Waals surface area (Å²) in [7, 11) is 1.53. The number of aliphatic carboxylic acids is 1. The Morgan fingerprint density at radius 2 is 2.12 bits per heavy atom. The molecule has 98 valence electrons. The van der Waals surface area contributed by atoms with Crippen molar-refractivity contribution in [1.29, 1.82) is 0 Å². The van der Waals surface area contributed by atoms with E-state index in [4.69, 9.17) is 9.84 Å². The molecule has 17 heavy (non-hydrogen) atoms. The van der Waals surface area contributed by atoms with Crippen molar-refractivity contribution in [2.75, 3.05) is 26.8 Å². The van der Waals surface area contributed by atoms with Crippen LogP contribution in [0.25, 0.3) is 0 Å². The van der Waals surface area contributed by atoms with Gasteiger partial charge in [-0.1, -0.05) is 6.08 Å². The third-order valence-electron chi connectivity index (χ3n) is 2.16. The normalized spacial score (nSPS) is 10.8. The predicted octanol–water partition coefficient (Wildman–Crippen LogP) is 0.694. The molecular formula is C11H20N2O4. The molecule has 0 rings (SSSR count). The van der Waals surface area contributed by atoms with Gasteiger partial charge in [0, 0.05) is 20.2 Å².